The zero-order valence-corrected chi connectivity index (χ0v) is 10.9. The van der Waals surface area contributed by atoms with Crippen molar-refractivity contribution in [2.75, 3.05) is 0 Å². The molecule has 0 amide bonds. The van der Waals surface area contributed by atoms with Gasteiger partial charge in [-0.25, -0.2) is 0 Å². The summed E-state index contributed by atoms with van der Waals surface area (Å²) in [5, 5.41) is 0. The van der Waals surface area contributed by atoms with Gasteiger partial charge in [-0.15, -0.1) is 0 Å². The van der Waals surface area contributed by atoms with Crippen molar-refractivity contribution in [3.8, 4) is 0 Å². The topological polar surface area (TPSA) is 0 Å². The van der Waals surface area contributed by atoms with Crippen molar-refractivity contribution >= 4 is 12.2 Å². The first-order valence-electron chi connectivity index (χ1n) is 4.73. The molecular formula is C14H12Na+. The molecule has 0 fully saturated rings. The largest absolute Gasteiger partial charge is 1.00 e. The molecule has 0 aliphatic carbocycles. The molecule has 15 heavy (non-hydrogen) atoms. The van der Waals surface area contributed by atoms with Crippen LogP contribution in [-0.4, -0.2) is 0 Å². The monoisotopic (exact) mass is 203 g/mol. The maximum Gasteiger partial charge on any atom is 1.00 e. The first-order valence-corrected chi connectivity index (χ1v) is 4.73. The Morgan fingerprint density at radius 3 is 1.20 bits per heavy atom. The van der Waals surface area contributed by atoms with Gasteiger partial charge < -0.3 is 0 Å². The third-order valence-electron chi connectivity index (χ3n) is 2.07. The second-order valence-corrected chi connectivity index (χ2v) is 3.15. The maximum atomic E-state index is 2.12. The average Bonchev–Trinajstić information content (AvgIpc) is 2.29. The number of rotatable bonds is 2. The van der Waals surface area contributed by atoms with Crippen LogP contribution in [0.15, 0.2) is 60.7 Å². The van der Waals surface area contributed by atoms with Gasteiger partial charge in [0.2, 0.25) is 0 Å². The molecule has 0 nitrogen and oxygen atoms in total. The Morgan fingerprint density at radius 2 is 0.867 bits per heavy atom. The molecule has 68 valence electrons. The Balaban J connectivity index is 0.00000112. The summed E-state index contributed by atoms with van der Waals surface area (Å²) in [4.78, 5) is 0. The Kier molecular flexibility index (Phi) is 5.41. The van der Waals surface area contributed by atoms with Crippen molar-refractivity contribution in [2.45, 2.75) is 0 Å². The van der Waals surface area contributed by atoms with Gasteiger partial charge >= 0.3 is 29.6 Å². The van der Waals surface area contributed by atoms with Crippen molar-refractivity contribution in [1.29, 1.82) is 0 Å². The van der Waals surface area contributed by atoms with Crippen LogP contribution in [0.25, 0.3) is 12.2 Å². The van der Waals surface area contributed by atoms with Gasteiger partial charge in [-0.05, 0) is 11.1 Å². The smallest absolute Gasteiger partial charge is 0.0622 e. The summed E-state index contributed by atoms with van der Waals surface area (Å²) in [6.45, 7) is 0. The van der Waals surface area contributed by atoms with E-state index in [1.807, 2.05) is 36.4 Å². The minimum atomic E-state index is 0. The van der Waals surface area contributed by atoms with E-state index in [0.29, 0.717) is 0 Å². The molecule has 0 heterocycles. The standard InChI is InChI=1S/C14H12.Na/c1-3-7-13(8-4-1)11-12-14-9-5-2-6-10-14;/h1-12H;/q;+1/b12-11+;. The minimum absolute atomic E-state index is 0. The number of hydrogen-bond donors (Lipinski definition) is 0. The molecule has 0 aliphatic heterocycles. The maximum absolute atomic E-state index is 2.12. The van der Waals surface area contributed by atoms with Crippen molar-refractivity contribution in [3.63, 3.8) is 0 Å². The Hall–Kier alpha value is -0.820. The third kappa shape index (κ3) is 4.05. The van der Waals surface area contributed by atoms with E-state index in [4.69, 9.17) is 0 Å². The van der Waals surface area contributed by atoms with E-state index in [-0.39, 0.29) is 29.6 Å². The average molecular weight is 203 g/mol. The van der Waals surface area contributed by atoms with E-state index in [0.717, 1.165) is 0 Å². The summed E-state index contributed by atoms with van der Waals surface area (Å²) in [6.07, 6.45) is 4.24. The zero-order chi connectivity index (χ0) is 9.64. The second kappa shape index (κ2) is 6.62. The van der Waals surface area contributed by atoms with Crippen LogP contribution in [-0.2, 0) is 0 Å². The molecule has 2 aromatic carbocycles. The van der Waals surface area contributed by atoms with Gasteiger partial charge in [0, 0.05) is 0 Å². The molecule has 0 aliphatic rings. The summed E-state index contributed by atoms with van der Waals surface area (Å²) in [5.74, 6) is 0. The van der Waals surface area contributed by atoms with Gasteiger partial charge in [-0.2, -0.15) is 0 Å². The van der Waals surface area contributed by atoms with Gasteiger partial charge in [0.15, 0.2) is 0 Å². The Morgan fingerprint density at radius 1 is 0.533 bits per heavy atom. The molecular weight excluding hydrogens is 191 g/mol. The number of hydrogen-bond acceptors (Lipinski definition) is 0. The Labute approximate surface area is 113 Å². The van der Waals surface area contributed by atoms with Crippen molar-refractivity contribution in [2.24, 2.45) is 0 Å². The van der Waals surface area contributed by atoms with E-state index in [9.17, 15) is 0 Å². The molecule has 0 spiro atoms. The normalized spacial score (nSPS) is 9.87. The first-order chi connectivity index (χ1) is 6.95. The van der Waals surface area contributed by atoms with E-state index in [2.05, 4.69) is 36.4 Å². The predicted octanol–water partition coefficient (Wildman–Crippen LogP) is 0.861. The van der Waals surface area contributed by atoms with Gasteiger partial charge in [-0.3, -0.25) is 0 Å². The molecule has 2 rings (SSSR count). The summed E-state index contributed by atoms with van der Waals surface area (Å²) in [6, 6.07) is 20.6. The van der Waals surface area contributed by atoms with Crippen LogP contribution >= 0.6 is 0 Å². The predicted molar refractivity (Wildman–Crippen MR) is 61.8 cm³/mol. The fourth-order valence-electron chi connectivity index (χ4n) is 1.32. The van der Waals surface area contributed by atoms with Gasteiger partial charge in [0.25, 0.3) is 0 Å². The molecule has 0 radical (unpaired) electrons. The van der Waals surface area contributed by atoms with Crippen LogP contribution in [0.5, 0.6) is 0 Å². The van der Waals surface area contributed by atoms with Crippen molar-refractivity contribution in [3.05, 3.63) is 71.8 Å². The quantitative estimate of drug-likeness (QED) is 0.501. The van der Waals surface area contributed by atoms with Crippen LogP contribution < -0.4 is 29.6 Å². The van der Waals surface area contributed by atoms with Crippen molar-refractivity contribution < 1.29 is 29.6 Å². The van der Waals surface area contributed by atoms with Gasteiger partial charge in [-0.1, -0.05) is 72.8 Å². The van der Waals surface area contributed by atoms with Crippen LogP contribution in [0.1, 0.15) is 11.1 Å². The molecule has 0 N–H and O–H groups in total. The molecule has 0 saturated carbocycles. The van der Waals surface area contributed by atoms with E-state index >= 15 is 0 Å². The molecule has 2 aromatic rings. The minimum Gasteiger partial charge on any atom is -0.0622 e. The molecule has 0 aromatic heterocycles. The first kappa shape index (κ1) is 12.3. The SMILES string of the molecule is C(=C\c1ccccc1)/c1ccccc1.[Na+]. The van der Waals surface area contributed by atoms with Gasteiger partial charge in [0.05, 0.1) is 0 Å². The molecule has 0 saturated heterocycles. The summed E-state index contributed by atoms with van der Waals surface area (Å²) in [7, 11) is 0. The second-order valence-electron chi connectivity index (χ2n) is 3.15. The molecule has 0 atom stereocenters. The van der Waals surface area contributed by atoms with Gasteiger partial charge in [0.1, 0.15) is 0 Å². The summed E-state index contributed by atoms with van der Waals surface area (Å²) >= 11 is 0. The van der Waals surface area contributed by atoms with E-state index in [1.165, 1.54) is 11.1 Å². The van der Waals surface area contributed by atoms with Crippen LogP contribution in [0.2, 0.25) is 0 Å². The molecule has 0 unspecified atom stereocenters. The summed E-state index contributed by atoms with van der Waals surface area (Å²) < 4.78 is 0. The Bertz CT molecular complexity index is 362. The van der Waals surface area contributed by atoms with E-state index < -0.39 is 0 Å². The number of benzene rings is 2. The van der Waals surface area contributed by atoms with Crippen LogP contribution in [0.4, 0.5) is 0 Å². The third-order valence-corrected chi connectivity index (χ3v) is 2.07. The molecule has 0 bridgehead atoms. The fourth-order valence-corrected chi connectivity index (χ4v) is 1.32. The zero-order valence-electron chi connectivity index (χ0n) is 8.93. The van der Waals surface area contributed by atoms with Crippen LogP contribution in [0, 0.1) is 0 Å². The molecule has 1 heteroatoms. The summed E-state index contributed by atoms with van der Waals surface area (Å²) in [5.41, 5.74) is 2.47. The fraction of sp³-hybridized carbons (Fsp3) is 0. The van der Waals surface area contributed by atoms with E-state index in [1.54, 1.807) is 0 Å². The van der Waals surface area contributed by atoms with Crippen LogP contribution in [0.3, 0.4) is 0 Å². The van der Waals surface area contributed by atoms with Crippen molar-refractivity contribution in [1.82, 2.24) is 0 Å².